The van der Waals surface area contributed by atoms with Crippen LogP contribution in [0.15, 0.2) is 67.0 Å². The average Bonchev–Trinajstić information content (AvgIpc) is 2.76. The molecule has 4 aromatic rings. The second kappa shape index (κ2) is 9.09. The Morgan fingerprint density at radius 1 is 0.800 bits per heavy atom. The normalized spacial score (nSPS) is 10.6. The molecule has 0 atom stereocenters. The number of benzene rings is 2. The molecule has 7 nitrogen and oxygen atoms in total. The minimum atomic E-state index is 0.473. The fourth-order valence-electron chi connectivity index (χ4n) is 3.03. The SMILES string of the molecule is CCOc1ccc(Nc2nccc(Nc3cnc4ccccc4c3)n2)cc1OCC. The highest BCUT2D eigenvalue weighted by atomic mass is 16.5. The quantitative estimate of drug-likeness (QED) is 0.414. The summed E-state index contributed by atoms with van der Waals surface area (Å²) in [6.07, 6.45) is 3.49. The zero-order valence-corrected chi connectivity index (χ0v) is 16.9. The summed E-state index contributed by atoms with van der Waals surface area (Å²) in [5.41, 5.74) is 2.62. The van der Waals surface area contributed by atoms with E-state index in [1.54, 1.807) is 12.4 Å². The fourth-order valence-corrected chi connectivity index (χ4v) is 3.03. The number of aromatic nitrogens is 3. The largest absolute Gasteiger partial charge is 0.490 e. The van der Waals surface area contributed by atoms with Crippen LogP contribution in [-0.4, -0.2) is 28.2 Å². The van der Waals surface area contributed by atoms with Crippen molar-refractivity contribution in [3.05, 3.63) is 67.0 Å². The van der Waals surface area contributed by atoms with Crippen molar-refractivity contribution in [2.45, 2.75) is 13.8 Å². The number of nitrogens with one attached hydrogen (secondary N) is 2. The summed E-state index contributed by atoms with van der Waals surface area (Å²) in [5.74, 6) is 2.53. The monoisotopic (exact) mass is 401 g/mol. The topological polar surface area (TPSA) is 81.2 Å². The maximum absolute atomic E-state index is 5.68. The Bertz CT molecular complexity index is 1150. The molecule has 30 heavy (non-hydrogen) atoms. The van der Waals surface area contributed by atoms with E-state index in [4.69, 9.17) is 9.47 Å². The second-order valence-corrected chi connectivity index (χ2v) is 6.46. The summed E-state index contributed by atoms with van der Waals surface area (Å²) in [4.78, 5) is 13.3. The Balaban J connectivity index is 1.52. The zero-order chi connectivity index (χ0) is 20.8. The van der Waals surface area contributed by atoms with Gasteiger partial charge in [-0.2, -0.15) is 4.98 Å². The number of pyridine rings is 1. The van der Waals surface area contributed by atoms with E-state index in [1.807, 2.05) is 68.4 Å². The predicted octanol–water partition coefficient (Wildman–Crippen LogP) is 5.31. The molecule has 4 rings (SSSR count). The van der Waals surface area contributed by atoms with Gasteiger partial charge in [-0.3, -0.25) is 4.98 Å². The molecule has 2 aromatic heterocycles. The second-order valence-electron chi connectivity index (χ2n) is 6.46. The van der Waals surface area contributed by atoms with E-state index in [-0.39, 0.29) is 0 Å². The lowest BCUT2D eigenvalue weighted by atomic mass is 10.2. The van der Waals surface area contributed by atoms with Crippen molar-refractivity contribution < 1.29 is 9.47 Å². The van der Waals surface area contributed by atoms with Crippen LogP contribution >= 0.6 is 0 Å². The Kier molecular flexibility index (Phi) is 5.89. The van der Waals surface area contributed by atoms with Crippen molar-refractivity contribution in [2.75, 3.05) is 23.8 Å². The summed E-state index contributed by atoms with van der Waals surface area (Å²) in [6, 6.07) is 17.5. The van der Waals surface area contributed by atoms with Crippen LogP contribution < -0.4 is 20.1 Å². The maximum Gasteiger partial charge on any atom is 0.229 e. The standard InChI is InChI=1S/C23H23N5O2/c1-3-29-20-10-9-17(14-21(20)30-4-2)27-23-24-12-11-22(28-23)26-18-13-16-7-5-6-8-19(16)25-15-18/h5-15H,3-4H2,1-2H3,(H2,24,26,27,28). The van der Waals surface area contributed by atoms with Gasteiger partial charge in [-0.05, 0) is 44.2 Å². The van der Waals surface area contributed by atoms with Crippen LogP contribution in [-0.2, 0) is 0 Å². The van der Waals surface area contributed by atoms with E-state index in [0.29, 0.717) is 36.5 Å². The highest BCUT2D eigenvalue weighted by Gasteiger charge is 2.08. The van der Waals surface area contributed by atoms with E-state index in [2.05, 4.69) is 25.6 Å². The molecule has 0 aliphatic carbocycles. The smallest absolute Gasteiger partial charge is 0.229 e. The number of ether oxygens (including phenoxy) is 2. The minimum absolute atomic E-state index is 0.473. The number of para-hydroxylation sites is 1. The molecule has 7 heteroatoms. The van der Waals surface area contributed by atoms with Gasteiger partial charge in [-0.15, -0.1) is 0 Å². The molecule has 0 aliphatic rings. The number of hydrogen-bond acceptors (Lipinski definition) is 7. The first kappa shape index (κ1) is 19.4. The molecule has 0 amide bonds. The number of rotatable bonds is 8. The third-order valence-corrected chi connectivity index (χ3v) is 4.32. The zero-order valence-electron chi connectivity index (χ0n) is 16.9. The van der Waals surface area contributed by atoms with E-state index in [1.165, 1.54) is 0 Å². The Morgan fingerprint density at radius 2 is 1.63 bits per heavy atom. The van der Waals surface area contributed by atoms with Crippen LogP contribution in [0, 0.1) is 0 Å². The van der Waals surface area contributed by atoms with Gasteiger partial charge in [-0.1, -0.05) is 18.2 Å². The molecule has 2 aromatic carbocycles. The van der Waals surface area contributed by atoms with Crippen LogP contribution in [0.4, 0.5) is 23.1 Å². The van der Waals surface area contributed by atoms with Crippen molar-refractivity contribution in [2.24, 2.45) is 0 Å². The van der Waals surface area contributed by atoms with E-state index < -0.39 is 0 Å². The van der Waals surface area contributed by atoms with Crippen LogP contribution in [0.1, 0.15) is 13.8 Å². The van der Waals surface area contributed by atoms with Crippen molar-refractivity contribution in [1.82, 2.24) is 15.0 Å². The van der Waals surface area contributed by atoms with Crippen LogP contribution in [0.2, 0.25) is 0 Å². The third-order valence-electron chi connectivity index (χ3n) is 4.32. The average molecular weight is 401 g/mol. The van der Waals surface area contributed by atoms with Crippen molar-refractivity contribution in [3.63, 3.8) is 0 Å². The van der Waals surface area contributed by atoms with Crippen molar-refractivity contribution in [1.29, 1.82) is 0 Å². The molecule has 2 N–H and O–H groups in total. The molecule has 0 unspecified atom stereocenters. The number of fused-ring (bicyclic) bond motifs is 1. The molecule has 152 valence electrons. The van der Waals surface area contributed by atoms with Crippen molar-refractivity contribution in [3.8, 4) is 11.5 Å². The van der Waals surface area contributed by atoms with E-state index >= 15 is 0 Å². The van der Waals surface area contributed by atoms with Crippen LogP contribution in [0.3, 0.4) is 0 Å². The highest BCUT2D eigenvalue weighted by molar-refractivity contribution is 5.82. The summed E-state index contributed by atoms with van der Waals surface area (Å²) in [5, 5.41) is 7.56. The lowest BCUT2D eigenvalue weighted by Gasteiger charge is -2.13. The van der Waals surface area contributed by atoms with Gasteiger partial charge in [0.25, 0.3) is 0 Å². The van der Waals surface area contributed by atoms with E-state index in [0.717, 1.165) is 22.3 Å². The van der Waals surface area contributed by atoms with Crippen molar-refractivity contribution >= 4 is 34.0 Å². The Hall–Kier alpha value is -3.87. The van der Waals surface area contributed by atoms with Gasteiger partial charge < -0.3 is 20.1 Å². The first-order valence-corrected chi connectivity index (χ1v) is 9.86. The molecule has 0 saturated carbocycles. The van der Waals surface area contributed by atoms with Gasteiger partial charge in [0.05, 0.1) is 30.6 Å². The summed E-state index contributed by atoms with van der Waals surface area (Å²) < 4.78 is 11.3. The third kappa shape index (κ3) is 4.57. The van der Waals surface area contributed by atoms with Crippen LogP contribution in [0.25, 0.3) is 10.9 Å². The van der Waals surface area contributed by atoms with Gasteiger partial charge >= 0.3 is 0 Å². The molecule has 0 aliphatic heterocycles. The maximum atomic E-state index is 5.68. The summed E-state index contributed by atoms with van der Waals surface area (Å²) in [6.45, 7) is 5.02. The molecule has 0 spiro atoms. The molecule has 2 heterocycles. The number of hydrogen-bond donors (Lipinski definition) is 2. The molecular weight excluding hydrogens is 378 g/mol. The molecule has 0 saturated heterocycles. The lowest BCUT2D eigenvalue weighted by Crippen LogP contribution is -2.02. The van der Waals surface area contributed by atoms with Gasteiger partial charge in [0.2, 0.25) is 5.95 Å². The Labute approximate surface area is 175 Å². The molecule has 0 radical (unpaired) electrons. The molecule has 0 bridgehead atoms. The molecular formula is C23H23N5O2. The van der Waals surface area contributed by atoms with Crippen LogP contribution in [0.5, 0.6) is 11.5 Å². The lowest BCUT2D eigenvalue weighted by molar-refractivity contribution is 0.288. The predicted molar refractivity (Wildman–Crippen MR) is 119 cm³/mol. The summed E-state index contributed by atoms with van der Waals surface area (Å²) >= 11 is 0. The number of anilines is 4. The first-order valence-electron chi connectivity index (χ1n) is 9.86. The summed E-state index contributed by atoms with van der Waals surface area (Å²) in [7, 11) is 0. The minimum Gasteiger partial charge on any atom is -0.490 e. The van der Waals surface area contributed by atoms with Gasteiger partial charge in [-0.25, -0.2) is 4.98 Å². The fraction of sp³-hybridized carbons (Fsp3) is 0.174. The Morgan fingerprint density at radius 3 is 2.50 bits per heavy atom. The van der Waals surface area contributed by atoms with Gasteiger partial charge in [0.15, 0.2) is 11.5 Å². The van der Waals surface area contributed by atoms with Gasteiger partial charge in [0, 0.05) is 23.3 Å². The highest BCUT2D eigenvalue weighted by Crippen LogP contribution is 2.31. The van der Waals surface area contributed by atoms with Gasteiger partial charge in [0.1, 0.15) is 5.82 Å². The first-order chi connectivity index (χ1) is 14.7. The van der Waals surface area contributed by atoms with E-state index in [9.17, 15) is 0 Å². The number of nitrogens with zero attached hydrogens (tertiary/aromatic N) is 3. The molecule has 0 fully saturated rings.